The van der Waals surface area contributed by atoms with Crippen molar-refractivity contribution in [2.75, 3.05) is 0 Å². The van der Waals surface area contributed by atoms with E-state index in [9.17, 15) is 0 Å². The third-order valence-corrected chi connectivity index (χ3v) is 1.31. The van der Waals surface area contributed by atoms with Gasteiger partial charge < -0.3 is 0 Å². The van der Waals surface area contributed by atoms with Crippen molar-refractivity contribution in [1.29, 1.82) is 0 Å². The predicted molar refractivity (Wildman–Crippen MR) is 41.8 cm³/mol. The molecule has 4 heteroatoms. The second kappa shape index (κ2) is 4.41. The molecule has 2 nitrogen and oxygen atoms in total. The van der Waals surface area contributed by atoms with Crippen LogP contribution in [0.25, 0.3) is 0 Å². The molecule has 1 N–H and O–H groups in total. The molecule has 0 saturated carbocycles. The van der Waals surface area contributed by atoms with Crippen molar-refractivity contribution in [2.45, 2.75) is 5.37 Å². The quantitative estimate of drug-likeness (QED) is 0.388. The van der Waals surface area contributed by atoms with Crippen LogP contribution in [0.4, 0.5) is 0 Å². The van der Waals surface area contributed by atoms with Gasteiger partial charge in [0, 0.05) is 6.20 Å². The molecule has 0 saturated heterocycles. The van der Waals surface area contributed by atoms with Crippen LogP contribution < -0.4 is 0 Å². The fourth-order valence-corrected chi connectivity index (χ4v) is 0.654. The third-order valence-electron chi connectivity index (χ3n) is 0.904. The third kappa shape index (κ3) is 2.78. The molecular weight excluding hydrogens is 145 g/mol. The monoisotopic (exact) mass is 153 g/mol. The van der Waals surface area contributed by atoms with E-state index in [0.717, 1.165) is 5.06 Å². The summed E-state index contributed by atoms with van der Waals surface area (Å²) in [5.74, 6) is 0. The molecule has 0 amide bonds. The van der Waals surface area contributed by atoms with E-state index in [4.69, 9.17) is 5.21 Å². The standard InChI is InChI=1S/C5H7NOS.Na.H/c7-6-4-2-1-3-5(6)8;;/h1-5,7-8H;;. The second-order valence-electron chi connectivity index (χ2n) is 1.52. The van der Waals surface area contributed by atoms with Crippen LogP contribution in [0.3, 0.4) is 0 Å². The van der Waals surface area contributed by atoms with Gasteiger partial charge in [0.25, 0.3) is 0 Å². The summed E-state index contributed by atoms with van der Waals surface area (Å²) in [4.78, 5) is 0. The van der Waals surface area contributed by atoms with Crippen molar-refractivity contribution < 1.29 is 5.21 Å². The molecule has 1 rings (SSSR count). The van der Waals surface area contributed by atoms with Crippen LogP contribution in [-0.4, -0.2) is 45.2 Å². The van der Waals surface area contributed by atoms with Gasteiger partial charge in [-0.05, 0) is 12.2 Å². The van der Waals surface area contributed by atoms with Gasteiger partial charge in [0.2, 0.25) is 0 Å². The number of hydroxylamine groups is 2. The van der Waals surface area contributed by atoms with Crippen LogP contribution in [-0.2, 0) is 0 Å². The molecular formula is C5H8NNaOS. The molecule has 46 valence electrons. The molecule has 0 aromatic heterocycles. The van der Waals surface area contributed by atoms with E-state index in [0.29, 0.717) is 0 Å². The van der Waals surface area contributed by atoms with Gasteiger partial charge in [-0.3, -0.25) is 5.21 Å². The minimum atomic E-state index is -0.181. The van der Waals surface area contributed by atoms with E-state index < -0.39 is 0 Å². The summed E-state index contributed by atoms with van der Waals surface area (Å²) in [6.07, 6.45) is 6.91. The summed E-state index contributed by atoms with van der Waals surface area (Å²) >= 11 is 3.99. The summed E-state index contributed by atoms with van der Waals surface area (Å²) in [6, 6.07) is 0. The Hall–Kier alpha value is 0.590. The number of hydrogen-bond acceptors (Lipinski definition) is 3. The molecule has 9 heavy (non-hydrogen) atoms. The first-order valence-electron chi connectivity index (χ1n) is 2.31. The van der Waals surface area contributed by atoms with Gasteiger partial charge in [0.1, 0.15) is 5.37 Å². The SMILES string of the molecule is ON1C=CC=CC1S.[NaH]. The zero-order chi connectivity index (χ0) is 5.98. The van der Waals surface area contributed by atoms with Crippen LogP contribution in [0, 0.1) is 0 Å². The first-order valence-corrected chi connectivity index (χ1v) is 2.82. The zero-order valence-electron chi connectivity index (χ0n) is 4.23. The minimum absolute atomic E-state index is 0. The summed E-state index contributed by atoms with van der Waals surface area (Å²) < 4.78 is 0. The number of rotatable bonds is 0. The predicted octanol–water partition coefficient (Wildman–Crippen LogP) is 0.368. The Kier molecular flexibility index (Phi) is 4.70. The Morgan fingerprint density at radius 2 is 2.11 bits per heavy atom. The molecule has 1 aliphatic rings. The van der Waals surface area contributed by atoms with E-state index >= 15 is 0 Å². The van der Waals surface area contributed by atoms with Crippen molar-refractivity contribution >= 4 is 42.2 Å². The molecule has 0 spiro atoms. The van der Waals surface area contributed by atoms with E-state index in [2.05, 4.69) is 12.6 Å². The average Bonchev–Trinajstić information content (AvgIpc) is 1.77. The van der Waals surface area contributed by atoms with E-state index in [1.165, 1.54) is 0 Å². The van der Waals surface area contributed by atoms with Crippen molar-refractivity contribution in [1.82, 2.24) is 5.06 Å². The second-order valence-corrected chi connectivity index (χ2v) is 2.05. The molecule has 1 aliphatic heterocycles. The van der Waals surface area contributed by atoms with Gasteiger partial charge in [-0.2, -0.15) is 0 Å². The maximum atomic E-state index is 8.80. The summed E-state index contributed by atoms with van der Waals surface area (Å²) in [5.41, 5.74) is 0. The Morgan fingerprint density at radius 3 is 2.44 bits per heavy atom. The van der Waals surface area contributed by atoms with Crippen LogP contribution in [0.15, 0.2) is 24.4 Å². The molecule has 0 aromatic carbocycles. The van der Waals surface area contributed by atoms with Gasteiger partial charge in [-0.25, -0.2) is 5.06 Å². The fourth-order valence-electron chi connectivity index (χ4n) is 0.478. The van der Waals surface area contributed by atoms with E-state index in [1.54, 1.807) is 18.4 Å². The van der Waals surface area contributed by atoms with Gasteiger partial charge in [-0.1, -0.05) is 6.08 Å². The van der Waals surface area contributed by atoms with Crippen molar-refractivity contribution in [3.63, 3.8) is 0 Å². The normalized spacial score (nSPS) is 23.8. The van der Waals surface area contributed by atoms with Crippen LogP contribution >= 0.6 is 12.6 Å². The number of allylic oxidation sites excluding steroid dienone is 2. The fraction of sp³-hybridized carbons (Fsp3) is 0.200. The summed E-state index contributed by atoms with van der Waals surface area (Å²) in [7, 11) is 0. The van der Waals surface area contributed by atoms with Gasteiger partial charge in [0.05, 0.1) is 0 Å². The molecule has 1 heterocycles. The average molecular weight is 153 g/mol. The van der Waals surface area contributed by atoms with Crippen LogP contribution in [0.1, 0.15) is 0 Å². The van der Waals surface area contributed by atoms with E-state index in [1.807, 2.05) is 6.08 Å². The van der Waals surface area contributed by atoms with E-state index in [-0.39, 0.29) is 34.9 Å². The molecule has 0 bridgehead atoms. The molecule has 0 aromatic rings. The molecule has 1 unspecified atom stereocenters. The molecule has 0 radical (unpaired) electrons. The van der Waals surface area contributed by atoms with Gasteiger partial charge >= 0.3 is 29.6 Å². The first kappa shape index (κ1) is 9.59. The maximum absolute atomic E-state index is 8.80. The Morgan fingerprint density at radius 1 is 1.44 bits per heavy atom. The Labute approximate surface area is 81.9 Å². The Balaban J connectivity index is 0.000000640. The molecule has 1 atom stereocenters. The summed E-state index contributed by atoms with van der Waals surface area (Å²) in [6.45, 7) is 0. The first-order chi connectivity index (χ1) is 3.80. The number of nitrogens with zero attached hydrogens (tertiary/aromatic N) is 1. The van der Waals surface area contributed by atoms with Crippen molar-refractivity contribution in [2.24, 2.45) is 0 Å². The summed E-state index contributed by atoms with van der Waals surface area (Å²) in [5, 5.41) is 9.65. The van der Waals surface area contributed by atoms with Gasteiger partial charge in [-0.15, -0.1) is 12.6 Å². The Bertz CT molecular complexity index is 121. The van der Waals surface area contributed by atoms with Crippen molar-refractivity contribution in [3.05, 3.63) is 24.4 Å². The van der Waals surface area contributed by atoms with Crippen molar-refractivity contribution in [3.8, 4) is 0 Å². The number of thiol groups is 1. The van der Waals surface area contributed by atoms with Crippen LogP contribution in [0.5, 0.6) is 0 Å². The molecule has 0 fully saturated rings. The molecule has 0 aliphatic carbocycles. The number of hydrogen-bond donors (Lipinski definition) is 2. The van der Waals surface area contributed by atoms with Gasteiger partial charge in [0.15, 0.2) is 0 Å². The topological polar surface area (TPSA) is 23.5 Å². The van der Waals surface area contributed by atoms with Crippen LogP contribution in [0.2, 0.25) is 0 Å². The zero-order valence-corrected chi connectivity index (χ0v) is 5.12.